The summed E-state index contributed by atoms with van der Waals surface area (Å²) in [5.74, 6) is 0.126. The number of anilines is 1. The Bertz CT molecular complexity index is 965. The first-order valence-corrected chi connectivity index (χ1v) is 12.1. The number of carbonyl (C=O) groups is 2. The lowest BCUT2D eigenvalue weighted by atomic mass is 10.0. The Hall–Kier alpha value is -2.97. The lowest BCUT2D eigenvalue weighted by Gasteiger charge is -2.33. The number of rotatable bonds is 8. The van der Waals surface area contributed by atoms with Crippen molar-refractivity contribution in [2.24, 2.45) is 0 Å². The average molecular weight is 465 g/mol. The highest BCUT2D eigenvalue weighted by atomic mass is 16.2. The maximum atomic E-state index is 13.1. The molecule has 2 aromatic rings. The number of fused-ring (bicyclic) bond motifs is 1. The zero-order valence-corrected chi connectivity index (χ0v) is 20.4. The van der Waals surface area contributed by atoms with Gasteiger partial charge in [0.1, 0.15) is 6.04 Å². The molecule has 0 bridgehead atoms. The van der Waals surface area contributed by atoms with Crippen LogP contribution >= 0.6 is 0 Å². The first-order valence-electron chi connectivity index (χ1n) is 12.1. The quantitative estimate of drug-likeness (QED) is 0.618. The summed E-state index contributed by atoms with van der Waals surface area (Å²) in [4.78, 5) is 36.3. The highest BCUT2D eigenvalue weighted by molar-refractivity contribution is 5.83. The van der Waals surface area contributed by atoms with Crippen molar-refractivity contribution in [3.8, 4) is 0 Å². The van der Waals surface area contributed by atoms with Crippen LogP contribution in [0.1, 0.15) is 30.4 Å². The molecule has 34 heavy (non-hydrogen) atoms. The Morgan fingerprint density at radius 1 is 1.21 bits per heavy atom. The average Bonchev–Trinajstić information content (AvgIpc) is 3.21. The predicted molar refractivity (Wildman–Crippen MR) is 133 cm³/mol. The summed E-state index contributed by atoms with van der Waals surface area (Å²) in [7, 11) is 6.17. The van der Waals surface area contributed by atoms with Gasteiger partial charge >= 0.3 is 0 Å². The minimum absolute atomic E-state index is 0.0265. The summed E-state index contributed by atoms with van der Waals surface area (Å²) in [6.07, 6.45) is 5.58. The maximum absolute atomic E-state index is 13.1. The summed E-state index contributed by atoms with van der Waals surface area (Å²) in [6.45, 7) is 2.71. The van der Waals surface area contributed by atoms with Crippen LogP contribution in [0.25, 0.3) is 0 Å². The molecule has 2 aliphatic rings. The number of likely N-dealkylation sites (N-methyl/N-ethyl adjacent to an activating group) is 1. The van der Waals surface area contributed by atoms with E-state index in [1.807, 2.05) is 26.2 Å². The van der Waals surface area contributed by atoms with Gasteiger partial charge in [-0.25, -0.2) is 0 Å². The van der Waals surface area contributed by atoms with Gasteiger partial charge in [0.2, 0.25) is 11.8 Å². The molecular weight excluding hydrogens is 428 g/mol. The van der Waals surface area contributed by atoms with Gasteiger partial charge in [-0.1, -0.05) is 18.2 Å². The van der Waals surface area contributed by atoms with Crippen molar-refractivity contribution < 1.29 is 9.59 Å². The monoisotopic (exact) mass is 464 g/mol. The molecule has 2 saturated heterocycles. The van der Waals surface area contributed by atoms with Crippen LogP contribution in [-0.4, -0.2) is 79.0 Å². The molecule has 4 rings (SSSR count). The predicted octanol–water partition coefficient (Wildman–Crippen LogP) is 1.62. The SMILES string of the molecule is CN(C)c1ccc(CN2CC[C@@H]3[C@H]2C(=O)NC[C@H](CCC(=O)NCc2cccnc2)N3C)cc1. The van der Waals surface area contributed by atoms with Crippen LogP contribution < -0.4 is 15.5 Å². The van der Waals surface area contributed by atoms with Crippen molar-refractivity contribution in [1.82, 2.24) is 25.4 Å². The van der Waals surface area contributed by atoms with E-state index in [0.717, 1.165) is 25.1 Å². The Morgan fingerprint density at radius 2 is 2.00 bits per heavy atom. The second-order valence-corrected chi connectivity index (χ2v) is 9.57. The van der Waals surface area contributed by atoms with Crippen LogP contribution in [0.4, 0.5) is 5.69 Å². The van der Waals surface area contributed by atoms with Crippen LogP contribution in [0.3, 0.4) is 0 Å². The summed E-state index contributed by atoms with van der Waals surface area (Å²) >= 11 is 0. The summed E-state index contributed by atoms with van der Waals surface area (Å²) in [6, 6.07) is 12.5. The van der Waals surface area contributed by atoms with E-state index in [1.54, 1.807) is 12.4 Å². The highest BCUT2D eigenvalue weighted by Crippen LogP contribution is 2.29. The fraction of sp³-hybridized carbons (Fsp3) is 0.500. The minimum atomic E-state index is -0.164. The van der Waals surface area contributed by atoms with Crippen molar-refractivity contribution in [3.05, 3.63) is 59.9 Å². The summed E-state index contributed by atoms with van der Waals surface area (Å²) in [5, 5.41) is 6.12. The molecule has 3 atom stereocenters. The van der Waals surface area contributed by atoms with Gasteiger partial charge in [0.05, 0.1) is 0 Å². The largest absolute Gasteiger partial charge is 0.378 e. The number of hydrogen-bond donors (Lipinski definition) is 2. The molecule has 0 spiro atoms. The van der Waals surface area contributed by atoms with E-state index in [4.69, 9.17) is 0 Å². The van der Waals surface area contributed by atoms with Gasteiger partial charge in [-0.3, -0.25) is 24.4 Å². The van der Waals surface area contributed by atoms with Crippen molar-refractivity contribution in [1.29, 1.82) is 0 Å². The third-order valence-corrected chi connectivity index (χ3v) is 7.11. The number of pyridine rings is 1. The lowest BCUT2D eigenvalue weighted by molar-refractivity contribution is -0.126. The zero-order valence-electron chi connectivity index (χ0n) is 20.4. The number of nitrogens with one attached hydrogen (secondary N) is 2. The molecule has 0 radical (unpaired) electrons. The van der Waals surface area contributed by atoms with Crippen LogP contribution in [0.2, 0.25) is 0 Å². The second kappa shape index (κ2) is 11.0. The van der Waals surface area contributed by atoms with Crippen molar-refractivity contribution in [2.45, 2.75) is 50.5 Å². The first-order chi connectivity index (χ1) is 16.4. The zero-order chi connectivity index (χ0) is 24.1. The molecule has 3 heterocycles. The van der Waals surface area contributed by atoms with E-state index in [9.17, 15) is 9.59 Å². The third kappa shape index (κ3) is 5.74. The number of benzene rings is 1. The Morgan fingerprint density at radius 3 is 2.71 bits per heavy atom. The van der Waals surface area contributed by atoms with Crippen LogP contribution in [0, 0.1) is 0 Å². The third-order valence-electron chi connectivity index (χ3n) is 7.11. The van der Waals surface area contributed by atoms with Crippen LogP contribution in [0.5, 0.6) is 0 Å². The van der Waals surface area contributed by atoms with Gasteiger partial charge in [0.15, 0.2) is 0 Å². The van der Waals surface area contributed by atoms with E-state index < -0.39 is 0 Å². The van der Waals surface area contributed by atoms with Gasteiger partial charge in [0, 0.05) is 76.9 Å². The first kappa shape index (κ1) is 24.2. The number of carbonyl (C=O) groups excluding carboxylic acids is 2. The molecule has 2 amide bonds. The van der Waals surface area contributed by atoms with Crippen molar-refractivity contribution >= 4 is 17.5 Å². The van der Waals surface area contributed by atoms with E-state index >= 15 is 0 Å². The number of likely N-dealkylation sites (tertiary alicyclic amines) is 1. The molecule has 2 fully saturated rings. The van der Waals surface area contributed by atoms with Crippen molar-refractivity contribution in [2.75, 3.05) is 39.1 Å². The maximum Gasteiger partial charge on any atom is 0.239 e. The number of amides is 2. The van der Waals surface area contributed by atoms with E-state index in [1.165, 1.54) is 11.3 Å². The van der Waals surface area contributed by atoms with Crippen LogP contribution in [-0.2, 0) is 22.7 Å². The Labute approximate surface area is 202 Å². The molecule has 2 N–H and O–H groups in total. The van der Waals surface area contributed by atoms with Gasteiger partial charge in [-0.05, 0) is 49.2 Å². The molecule has 8 heteroatoms. The Kier molecular flexibility index (Phi) is 7.80. The van der Waals surface area contributed by atoms with E-state index in [2.05, 4.69) is 61.6 Å². The van der Waals surface area contributed by atoms with Gasteiger partial charge in [-0.15, -0.1) is 0 Å². The molecule has 0 saturated carbocycles. The van der Waals surface area contributed by atoms with Gasteiger partial charge in [-0.2, -0.15) is 0 Å². The molecular formula is C26H36N6O2. The minimum Gasteiger partial charge on any atom is -0.378 e. The smallest absolute Gasteiger partial charge is 0.239 e. The molecule has 2 aliphatic heterocycles. The molecule has 0 aliphatic carbocycles. The fourth-order valence-corrected chi connectivity index (χ4v) is 5.05. The topological polar surface area (TPSA) is 80.8 Å². The molecule has 1 aromatic carbocycles. The van der Waals surface area contributed by atoms with Crippen LogP contribution in [0.15, 0.2) is 48.8 Å². The Balaban J connectivity index is 1.32. The standard InChI is InChI=1S/C26H36N6O2/c1-30(2)21-8-6-19(7-9-21)18-32-14-12-23-25(32)26(34)29-17-22(31(23)3)10-11-24(33)28-16-20-5-4-13-27-15-20/h4-9,13,15,22-23,25H,10-12,14,16-18H2,1-3H3,(H,28,33)(H,29,34)/t22-,23+,25-/m0/s1. The number of aromatic nitrogens is 1. The number of hydrogen-bond acceptors (Lipinski definition) is 6. The lowest BCUT2D eigenvalue weighted by Crippen LogP contribution is -2.49. The molecule has 8 nitrogen and oxygen atoms in total. The van der Waals surface area contributed by atoms with E-state index in [-0.39, 0.29) is 29.9 Å². The van der Waals surface area contributed by atoms with Gasteiger partial charge in [0.25, 0.3) is 0 Å². The highest BCUT2D eigenvalue weighted by Gasteiger charge is 2.44. The number of nitrogens with zero attached hydrogens (tertiary/aromatic N) is 4. The van der Waals surface area contributed by atoms with E-state index in [0.29, 0.717) is 25.9 Å². The molecule has 1 aromatic heterocycles. The second-order valence-electron chi connectivity index (χ2n) is 9.57. The molecule has 0 unspecified atom stereocenters. The van der Waals surface area contributed by atoms with Gasteiger partial charge < -0.3 is 15.5 Å². The normalized spacial score (nSPS) is 23.1. The molecule has 182 valence electrons. The fourth-order valence-electron chi connectivity index (χ4n) is 5.05. The summed E-state index contributed by atoms with van der Waals surface area (Å²) in [5.41, 5.74) is 3.37. The summed E-state index contributed by atoms with van der Waals surface area (Å²) < 4.78 is 0. The van der Waals surface area contributed by atoms with Crippen molar-refractivity contribution in [3.63, 3.8) is 0 Å².